The van der Waals surface area contributed by atoms with Gasteiger partial charge in [0.15, 0.2) is 0 Å². The van der Waals surface area contributed by atoms with Crippen molar-refractivity contribution in [2.75, 3.05) is 13.2 Å². The fourth-order valence-electron chi connectivity index (χ4n) is 2.30. The average molecular weight is 241 g/mol. The molecule has 1 atom stereocenters. The van der Waals surface area contributed by atoms with Gasteiger partial charge < -0.3 is 9.64 Å². The Hall–Kier alpha value is -0.730. The largest absolute Gasteiger partial charge is 0.449 e. The molecule has 0 saturated carbocycles. The lowest BCUT2D eigenvalue weighted by Gasteiger charge is -2.35. The van der Waals surface area contributed by atoms with Crippen LogP contribution in [-0.4, -0.2) is 30.2 Å². The molecule has 17 heavy (non-hydrogen) atoms. The number of rotatable bonds is 5. The molecule has 1 rings (SSSR count). The summed E-state index contributed by atoms with van der Waals surface area (Å²) in [5, 5.41) is 0. The summed E-state index contributed by atoms with van der Waals surface area (Å²) in [6.45, 7) is 7.75. The van der Waals surface area contributed by atoms with E-state index in [0.29, 0.717) is 18.6 Å². The molecular formula is C14H27NO2. The zero-order valence-electron chi connectivity index (χ0n) is 11.6. The van der Waals surface area contributed by atoms with E-state index in [4.69, 9.17) is 4.74 Å². The van der Waals surface area contributed by atoms with Crippen LogP contribution in [0.15, 0.2) is 0 Å². The van der Waals surface area contributed by atoms with Gasteiger partial charge in [-0.3, -0.25) is 0 Å². The van der Waals surface area contributed by atoms with Gasteiger partial charge in [0.2, 0.25) is 0 Å². The van der Waals surface area contributed by atoms with Crippen molar-refractivity contribution in [3.63, 3.8) is 0 Å². The van der Waals surface area contributed by atoms with Crippen LogP contribution in [0.2, 0.25) is 0 Å². The number of piperidine rings is 1. The molecule has 1 saturated heterocycles. The zero-order chi connectivity index (χ0) is 12.7. The lowest BCUT2D eigenvalue weighted by molar-refractivity contribution is 0.0629. The van der Waals surface area contributed by atoms with Gasteiger partial charge in [0, 0.05) is 12.6 Å². The van der Waals surface area contributed by atoms with E-state index in [9.17, 15) is 4.79 Å². The van der Waals surface area contributed by atoms with Gasteiger partial charge in [-0.25, -0.2) is 4.79 Å². The third kappa shape index (κ3) is 4.97. The van der Waals surface area contributed by atoms with Crippen molar-refractivity contribution in [2.45, 2.75) is 65.3 Å². The van der Waals surface area contributed by atoms with E-state index in [1.807, 2.05) is 4.90 Å². The molecule has 1 fully saturated rings. The normalized spacial score (nSPS) is 20.7. The highest BCUT2D eigenvalue weighted by atomic mass is 16.6. The van der Waals surface area contributed by atoms with Crippen LogP contribution in [0.1, 0.15) is 59.3 Å². The summed E-state index contributed by atoms with van der Waals surface area (Å²) < 4.78 is 5.34. The van der Waals surface area contributed by atoms with Crippen molar-refractivity contribution in [3.05, 3.63) is 0 Å². The number of carbonyl (C=O) groups is 1. The van der Waals surface area contributed by atoms with Gasteiger partial charge in [-0.15, -0.1) is 0 Å². The van der Waals surface area contributed by atoms with Crippen LogP contribution in [0.5, 0.6) is 0 Å². The molecule has 0 aromatic heterocycles. The predicted molar refractivity (Wildman–Crippen MR) is 70.1 cm³/mol. The number of likely N-dealkylation sites (tertiary alicyclic amines) is 1. The minimum Gasteiger partial charge on any atom is -0.449 e. The number of amides is 1. The lowest BCUT2D eigenvalue weighted by Crippen LogP contribution is -2.44. The van der Waals surface area contributed by atoms with Crippen molar-refractivity contribution in [1.29, 1.82) is 0 Å². The molecule has 1 heterocycles. The Kier molecular flexibility index (Phi) is 6.38. The van der Waals surface area contributed by atoms with E-state index in [1.54, 1.807) is 0 Å². The fourth-order valence-corrected chi connectivity index (χ4v) is 2.30. The van der Waals surface area contributed by atoms with Crippen LogP contribution in [0.25, 0.3) is 0 Å². The molecule has 1 aliphatic heterocycles. The first kappa shape index (κ1) is 14.3. The van der Waals surface area contributed by atoms with Crippen LogP contribution in [0.3, 0.4) is 0 Å². The van der Waals surface area contributed by atoms with E-state index in [2.05, 4.69) is 20.8 Å². The highest BCUT2D eigenvalue weighted by Crippen LogP contribution is 2.22. The number of hydrogen-bond acceptors (Lipinski definition) is 2. The maximum Gasteiger partial charge on any atom is 0.410 e. The number of ether oxygens (including phenoxy) is 1. The third-order valence-corrected chi connectivity index (χ3v) is 3.29. The SMILES string of the molecule is CCCC[C@@H]1CCCCN1C(=O)OCC(C)C. The zero-order valence-corrected chi connectivity index (χ0v) is 11.6. The second kappa shape index (κ2) is 7.57. The molecule has 0 aromatic rings. The maximum atomic E-state index is 12.0. The van der Waals surface area contributed by atoms with Gasteiger partial charge in [-0.1, -0.05) is 33.6 Å². The maximum absolute atomic E-state index is 12.0. The lowest BCUT2D eigenvalue weighted by atomic mass is 9.98. The molecule has 0 aromatic carbocycles. The van der Waals surface area contributed by atoms with Crippen LogP contribution < -0.4 is 0 Å². The Morgan fingerprint density at radius 2 is 2.18 bits per heavy atom. The van der Waals surface area contributed by atoms with Crippen LogP contribution >= 0.6 is 0 Å². The topological polar surface area (TPSA) is 29.5 Å². The Morgan fingerprint density at radius 1 is 1.41 bits per heavy atom. The first-order chi connectivity index (χ1) is 8.15. The molecule has 0 radical (unpaired) electrons. The van der Waals surface area contributed by atoms with Gasteiger partial charge in [0.25, 0.3) is 0 Å². The minimum absolute atomic E-state index is 0.0977. The van der Waals surface area contributed by atoms with Crippen molar-refractivity contribution < 1.29 is 9.53 Å². The highest BCUT2D eigenvalue weighted by molar-refractivity contribution is 5.68. The third-order valence-electron chi connectivity index (χ3n) is 3.29. The summed E-state index contributed by atoms with van der Waals surface area (Å²) in [4.78, 5) is 13.9. The van der Waals surface area contributed by atoms with Gasteiger partial charge >= 0.3 is 6.09 Å². The van der Waals surface area contributed by atoms with E-state index in [1.165, 1.54) is 19.3 Å². The van der Waals surface area contributed by atoms with Crippen LogP contribution in [0, 0.1) is 5.92 Å². The van der Waals surface area contributed by atoms with Crippen LogP contribution in [-0.2, 0) is 4.74 Å². The molecule has 3 heteroatoms. The van der Waals surface area contributed by atoms with Gasteiger partial charge in [-0.05, 0) is 31.6 Å². The fraction of sp³-hybridized carbons (Fsp3) is 0.929. The van der Waals surface area contributed by atoms with Crippen molar-refractivity contribution in [3.8, 4) is 0 Å². The second-order valence-electron chi connectivity index (χ2n) is 5.46. The summed E-state index contributed by atoms with van der Waals surface area (Å²) in [6.07, 6.45) is 6.97. The summed E-state index contributed by atoms with van der Waals surface area (Å²) >= 11 is 0. The monoisotopic (exact) mass is 241 g/mol. The van der Waals surface area contributed by atoms with Crippen molar-refractivity contribution in [1.82, 2.24) is 4.90 Å². The number of unbranched alkanes of at least 4 members (excludes halogenated alkanes) is 1. The van der Waals surface area contributed by atoms with Crippen LogP contribution in [0.4, 0.5) is 4.79 Å². The summed E-state index contributed by atoms with van der Waals surface area (Å²) in [5.74, 6) is 0.415. The smallest absolute Gasteiger partial charge is 0.410 e. The Labute approximate surface area is 106 Å². The molecule has 1 aliphatic rings. The molecule has 1 amide bonds. The molecule has 100 valence electrons. The first-order valence-corrected chi connectivity index (χ1v) is 7.08. The quantitative estimate of drug-likeness (QED) is 0.732. The number of hydrogen-bond donors (Lipinski definition) is 0. The summed E-state index contributed by atoms with van der Waals surface area (Å²) in [5.41, 5.74) is 0. The number of nitrogens with zero attached hydrogens (tertiary/aromatic N) is 1. The van der Waals surface area contributed by atoms with Crippen molar-refractivity contribution in [2.24, 2.45) is 5.92 Å². The highest BCUT2D eigenvalue weighted by Gasteiger charge is 2.27. The Bertz CT molecular complexity index is 228. The van der Waals surface area contributed by atoms with E-state index in [0.717, 1.165) is 25.8 Å². The first-order valence-electron chi connectivity index (χ1n) is 7.08. The van der Waals surface area contributed by atoms with E-state index in [-0.39, 0.29) is 6.09 Å². The Morgan fingerprint density at radius 3 is 2.82 bits per heavy atom. The molecule has 3 nitrogen and oxygen atoms in total. The molecule has 0 spiro atoms. The molecule has 0 N–H and O–H groups in total. The molecule has 0 bridgehead atoms. The van der Waals surface area contributed by atoms with Crippen molar-refractivity contribution >= 4 is 6.09 Å². The Balaban J connectivity index is 2.42. The molecular weight excluding hydrogens is 214 g/mol. The van der Waals surface area contributed by atoms with E-state index < -0.39 is 0 Å². The molecule has 0 unspecified atom stereocenters. The van der Waals surface area contributed by atoms with Gasteiger partial charge in [0.1, 0.15) is 0 Å². The van der Waals surface area contributed by atoms with Gasteiger partial charge in [0.05, 0.1) is 6.61 Å². The minimum atomic E-state index is -0.0977. The van der Waals surface area contributed by atoms with Gasteiger partial charge in [-0.2, -0.15) is 0 Å². The summed E-state index contributed by atoms with van der Waals surface area (Å²) in [7, 11) is 0. The number of carbonyl (C=O) groups excluding carboxylic acids is 1. The predicted octanol–water partition coefficient (Wildman–Crippen LogP) is 3.82. The average Bonchev–Trinajstić information content (AvgIpc) is 2.33. The second-order valence-corrected chi connectivity index (χ2v) is 5.46. The van der Waals surface area contributed by atoms with E-state index >= 15 is 0 Å². The molecule has 0 aliphatic carbocycles. The standard InChI is InChI=1S/C14H27NO2/c1-4-5-8-13-9-6-7-10-15(13)14(16)17-11-12(2)3/h12-13H,4-11H2,1-3H3/t13-/m1/s1. The summed E-state index contributed by atoms with van der Waals surface area (Å²) in [6, 6.07) is 0.420.